The Morgan fingerprint density at radius 2 is 2.25 bits per heavy atom. The van der Waals surface area contributed by atoms with Crippen LogP contribution >= 0.6 is 0 Å². The van der Waals surface area contributed by atoms with Crippen LogP contribution in [0.25, 0.3) is 11.0 Å². The molecule has 2 aromatic rings. The molecule has 0 bridgehead atoms. The van der Waals surface area contributed by atoms with Gasteiger partial charge in [0.2, 0.25) is 5.91 Å². The summed E-state index contributed by atoms with van der Waals surface area (Å²) in [4.78, 5) is 15.6. The number of rotatable bonds is 2. The lowest BCUT2D eigenvalue weighted by Crippen LogP contribution is -2.10. The van der Waals surface area contributed by atoms with Crippen molar-refractivity contribution in [1.29, 1.82) is 0 Å². The predicted molar refractivity (Wildman–Crippen MR) is 61.2 cm³/mol. The molecular weight excluding hydrogens is 202 g/mol. The number of imidazole rings is 1. The van der Waals surface area contributed by atoms with Crippen LogP contribution in [-0.4, -0.2) is 15.5 Å². The highest BCUT2D eigenvalue weighted by Crippen LogP contribution is 2.40. The zero-order valence-corrected chi connectivity index (χ0v) is 9.10. The van der Waals surface area contributed by atoms with Crippen molar-refractivity contribution in [2.24, 2.45) is 12.8 Å². The van der Waals surface area contributed by atoms with Crippen molar-refractivity contribution in [2.45, 2.75) is 18.8 Å². The fourth-order valence-corrected chi connectivity index (χ4v) is 2.08. The molecule has 4 nitrogen and oxygen atoms in total. The van der Waals surface area contributed by atoms with Crippen molar-refractivity contribution in [3.05, 3.63) is 29.6 Å². The number of aryl methyl sites for hydroxylation is 1. The molecule has 1 amide bonds. The molecule has 1 fully saturated rings. The molecule has 0 unspecified atom stereocenters. The summed E-state index contributed by atoms with van der Waals surface area (Å²) in [5.74, 6) is 1.33. The van der Waals surface area contributed by atoms with Crippen LogP contribution < -0.4 is 5.73 Å². The summed E-state index contributed by atoms with van der Waals surface area (Å²) in [6, 6.07) is 5.43. The second kappa shape index (κ2) is 3.07. The fraction of sp³-hybridized carbons (Fsp3) is 0.333. The zero-order chi connectivity index (χ0) is 11.3. The Morgan fingerprint density at radius 3 is 2.88 bits per heavy atom. The summed E-state index contributed by atoms with van der Waals surface area (Å²) in [5, 5.41) is 0. The molecule has 3 rings (SSSR count). The first kappa shape index (κ1) is 9.39. The third-order valence-electron chi connectivity index (χ3n) is 3.14. The van der Waals surface area contributed by atoms with Gasteiger partial charge in [-0.3, -0.25) is 4.79 Å². The van der Waals surface area contributed by atoms with Crippen molar-refractivity contribution in [3.63, 3.8) is 0 Å². The molecule has 1 aromatic heterocycles. The number of nitrogens with zero attached hydrogens (tertiary/aromatic N) is 2. The lowest BCUT2D eigenvalue weighted by molar-refractivity contribution is 0.100. The van der Waals surface area contributed by atoms with Crippen LogP contribution in [0, 0.1) is 0 Å². The van der Waals surface area contributed by atoms with Crippen LogP contribution in [0.4, 0.5) is 0 Å². The van der Waals surface area contributed by atoms with E-state index in [9.17, 15) is 4.79 Å². The summed E-state index contributed by atoms with van der Waals surface area (Å²) >= 11 is 0. The number of primary amides is 1. The molecule has 0 saturated heterocycles. The number of hydrogen-bond acceptors (Lipinski definition) is 2. The molecule has 4 heteroatoms. The van der Waals surface area contributed by atoms with E-state index in [1.54, 1.807) is 12.1 Å². The SMILES string of the molecule is Cn1c(C2CC2)nc2cc(C(N)=O)ccc21. The highest BCUT2D eigenvalue weighted by atomic mass is 16.1. The van der Waals surface area contributed by atoms with Crippen molar-refractivity contribution in [3.8, 4) is 0 Å². The Hall–Kier alpha value is -1.84. The number of benzene rings is 1. The van der Waals surface area contributed by atoms with Crippen LogP contribution in [0.2, 0.25) is 0 Å². The minimum absolute atomic E-state index is 0.402. The molecule has 0 radical (unpaired) electrons. The Balaban J connectivity index is 2.20. The van der Waals surface area contributed by atoms with E-state index in [1.807, 2.05) is 13.1 Å². The van der Waals surface area contributed by atoms with E-state index in [2.05, 4.69) is 9.55 Å². The van der Waals surface area contributed by atoms with Gasteiger partial charge in [-0.1, -0.05) is 0 Å². The molecule has 1 saturated carbocycles. The van der Waals surface area contributed by atoms with Crippen molar-refractivity contribution in [2.75, 3.05) is 0 Å². The van der Waals surface area contributed by atoms with Gasteiger partial charge in [0.15, 0.2) is 0 Å². The highest BCUT2D eigenvalue weighted by molar-refractivity contribution is 5.96. The van der Waals surface area contributed by atoms with Crippen LogP contribution in [0.15, 0.2) is 18.2 Å². The second-order valence-electron chi connectivity index (χ2n) is 4.37. The molecule has 1 aliphatic rings. The molecule has 1 heterocycles. The van der Waals surface area contributed by atoms with Crippen molar-refractivity contribution in [1.82, 2.24) is 9.55 Å². The summed E-state index contributed by atoms with van der Waals surface area (Å²) in [7, 11) is 2.02. The summed E-state index contributed by atoms with van der Waals surface area (Å²) in [6.07, 6.45) is 2.44. The topological polar surface area (TPSA) is 60.9 Å². The van der Waals surface area contributed by atoms with E-state index in [-0.39, 0.29) is 0 Å². The van der Waals surface area contributed by atoms with Gasteiger partial charge in [-0.15, -0.1) is 0 Å². The van der Waals surface area contributed by atoms with E-state index in [0.717, 1.165) is 16.9 Å². The lowest BCUT2D eigenvalue weighted by atomic mass is 10.2. The zero-order valence-electron chi connectivity index (χ0n) is 9.10. The fourth-order valence-electron chi connectivity index (χ4n) is 2.08. The molecule has 0 spiro atoms. The summed E-state index contributed by atoms with van der Waals surface area (Å²) < 4.78 is 2.11. The first-order chi connectivity index (χ1) is 7.66. The van der Waals surface area contributed by atoms with Crippen molar-refractivity contribution >= 4 is 16.9 Å². The number of nitrogens with two attached hydrogens (primary N) is 1. The number of aromatic nitrogens is 2. The largest absolute Gasteiger partial charge is 0.366 e. The van der Waals surface area contributed by atoms with Crippen LogP contribution in [0.5, 0.6) is 0 Å². The van der Waals surface area contributed by atoms with Gasteiger partial charge in [0.05, 0.1) is 11.0 Å². The van der Waals surface area contributed by atoms with Gasteiger partial charge >= 0.3 is 0 Å². The maximum atomic E-state index is 11.1. The van der Waals surface area contributed by atoms with Gasteiger partial charge in [-0.2, -0.15) is 0 Å². The van der Waals surface area contributed by atoms with Crippen molar-refractivity contribution < 1.29 is 4.79 Å². The standard InChI is InChI=1S/C12H13N3O/c1-15-10-5-4-8(11(13)16)6-9(10)14-12(15)7-2-3-7/h4-7H,2-3H2,1H3,(H2,13,16). The Labute approximate surface area is 93.1 Å². The van der Waals surface area contributed by atoms with Crippen LogP contribution in [0.1, 0.15) is 34.9 Å². The number of carbonyl (C=O) groups is 1. The van der Waals surface area contributed by atoms with E-state index in [4.69, 9.17) is 5.73 Å². The predicted octanol–water partition coefficient (Wildman–Crippen LogP) is 1.55. The number of fused-ring (bicyclic) bond motifs is 1. The first-order valence-corrected chi connectivity index (χ1v) is 5.43. The Bertz CT molecular complexity index is 581. The Kier molecular flexibility index (Phi) is 1.80. The molecule has 2 N–H and O–H groups in total. The van der Waals surface area contributed by atoms with Crippen LogP contribution in [-0.2, 0) is 7.05 Å². The minimum atomic E-state index is -0.402. The van der Waals surface area contributed by atoms with Gasteiger partial charge in [-0.25, -0.2) is 4.98 Å². The van der Waals surface area contributed by atoms with Gasteiger partial charge < -0.3 is 10.3 Å². The lowest BCUT2D eigenvalue weighted by Gasteiger charge is -1.99. The number of hydrogen-bond donors (Lipinski definition) is 1. The molecular formula is C12H13N3O. The molecule has 1 aromatic carbocycles. The van der Waals surface area contributed by atoms with E-state index in [0.29, 0.717) is 11.5 Å². The van der Waals surface area contributed by atoms with Gasteiger partial charge in [0, 0.05) is 18.5 Å². The molecule has 0 aliphatic heterocycles. The molecule has 82 valence electrons. The third-order valence-corrected chi connectivity index (χ3v) is 3.14. The van der Waals surface area contributed by atoms with E-state index < -0.39 is 5.91 Å². The van der Waals surface area contributed by atoms with E-state index in [1.165, 1.54) is 12.8 Å². The smallest absolute Gasteiger partial charge is 0.248 e. The summed E-state index contributed by atoms with van der Waals surface area (Å²) in [6.45, 7) is 0. The molecule has 16 heavy (non-hydrogen) atoms. The second-order valence-corrected chi connectivity index (χ2v) is 4.37. The maximum absolute atomic E-state index is 11.1. The quantitative estimate of drug-likeness (QED) is 0.826. The number of amides is 1. The summed E-state index contributed by atoms with van der Waals surface area (Å²) in [5.41, 5.74) is 7.69. The van der Waals surface area contributed by atoms with Gasteiger partial charge in [0.25, 0.3) is 0 Å². The monoisotopic (exact) mass is 215 g/mol. The minimum Gasteiger partial charge on any atom is -0.366 e. The maximum Gasteiger partial charge on any atom is 0.248 e. The van der Waals surface area contributed by atoms with E-state index >= 15 is 0 Å². The third kappa shape index (κ3) is 1.30. The number of carbonyl (C=O) groups excluding carboxylic acids is 1. The molecule has 0 atom stereocenters. The normalized spacial score (nSPS) is 15.6. The average Bonchev–Trinajstić information content (AvgIpc) is 3.04. The average molecular weight is 215 g/mol. The highest BCUT2D eigenvalue weighted by Gasteiger charge is 2.28. The first-order valence-electron chi connectivity index (χ1n) is 5.43. The molecule has 1 aliphatic carbocycles. The van der Waals surface area contributed by atoms with Gasteiger partial charge in [0.1, 0.15) is 5.82 Å². The van der Waals surface area contributed by atoms with Gasteiger partial charge in [-0.05, 0) is 31.0 Å². The van der Waals surface area contributed by atoms with Crippen LogP contribution in [0.3, 0.4) is 0 Å². The Morgan fingerprint density at radius 1 is 1.50 bits per heavy atom.